The Morgan fingerprint density at radius 2 is 2.31 bits per heavy atom. The Balaban J connectivity index is 1.94. The molecule has 2 bridgehead atoms. The van der Waals surface area contributed by atoms with Gasteiger partial charge in [0, 0.05) is 0 Å². The molecule has 0 aromatic carbocycles. The van der Waals surface area contributed by atoms with Gasteiger partial charge < -0.3 is 0 Å². The number of hydrogen-bond acceptors (Lipinski definition) is 0. The highest BCUT2D eigenvalue weighted by Crippen LogP contribution is 2.56. The van der Waals surface area contributed by atoms with E-state index in [1.165, 1.54) is 19.3 Å². The highest BCUT2D eigenvalue weighted by Gasteiger charge is 2.46. The van der Waals surface area contributed by atoms with Crippen molar-refractivity contribution in [3.8, 4) is 0 Å². The van der Waals surface area contributed by atoms with Gasteiger partial charge in [0.15, 0.2) is 0 Å². The van der Waals surface area contributed by atoms with Crippen LogP contribution in [-0.2, 0) is 0 Å². The highest BCUT2D eigenvalue weighted by molar-refractivity contribution is 5.34. The maximum Gasteiger partial charge on any atom is -0.00416 e. The molecule has 0 aromatic heterocycles. The highest BCUT2D eigenvalue weighted by atomic mass is 14.5. The Morgan fingerprint density at radius 1 is 1.38 bits per heavy atom. The summed E-state index contributed by atoms with van der Waals surface area (Å²) < 4.78 is 0. The average molecular weight is 172 g/mol. The molecule has 3 aliphatic carbocycles. The molecule has 0 N–H and O–H groups in total. The van der Waals surface area contributed by atoms with Crippen LogP contribution in [0.1, 0.15) is 26.2 Å². The number of allylic oxidation sites excluding steroid dienone is 6. The second-order valence-corrected chi connectivity index (χ2v) is 4.93. The van der Waals surface area contributed by atoms with Gasteiger partial charge in [-0.25, -0.2) is 0 Å². The zero-order valence-corrected chi connectivity index (χ0v) is 8.16. The molecule has 68 valence electrons. The van der Waals surface area contributed by atoms with Crippen LogP contribution in [0.3, 0.4) is 0 Å². The van der Waals surface area contributed by atoms with Gasteiger partial charge in [-0.1, -0.05) is 42.9 Å². The predicted octanol–water partition coefficient (Wildman–Crippen LogP) is 3.48. The lowest BCUT2D eigenvalue weighted by Gasteiger charge is -2.33. The molecule has 3 atom stereocenters. The number of rotatable bonds is 1. The SMILES string of the molecule is CC1(C2=CC=CC2)CC2C=CC1C2. The summed E-state index contributed by atoms with van der Waals surface area (Å²) in [5.41, 5.74) is 2.17. The van der Waals surface area contributed by atoms with E-state index < -0.39 is 0 Å². The Hall–Kier alpha value is -0.780. The summed E-state index contributed by atoms with van der Waals surface area (Å²) in [5, 5.41) is 0. The standard InChI is InChI=1S/C13H16/c1-13(11-4-2-3-5-11)9-10-6-7-12(13)8-10/h2-4,6-7,10,12H,5,8-9H2,1H3. The molecule has 0 spiro atoms. The third-order valence-electron chi connectivity index (χ3n) is 4.18. The van der Waals surface area contributed by atoms with Gasteiger partial charge in [0.05, 0.1) is 0 Å². The molecule has 3 rings (SSSR count). The monoisotopic (exact) mass is 172 g/mol. The molecular formula is C13H16. The Kier molecular flexibility index (Phi) is 1.39. The minimum atomic E-state index is 0.503. The first-order valence-electron chi connectivity index (χ1n) is 5.33. The molecule has 3 unspecified atom stereocenters. The lowest BCUT2D eigenvalue weighted by atomic mass is 9.71. The molecule has 0 saturated heterocycles. The van der Waals surface area contributed by atoms with E-state index >= 15 is 0 Å². The van der Waals surface area contributed by atoms with Crippen molar-refractivity contribution >= 4 is 0 Å². The summed E-state index contributed by atoms with van der Waals surface area (Å²) in [7, 11) is 0. The summed E-state index contributed by atoms with van der Waals surface area (Å²) >= 11 is 0. The van der Waals surface area contributed by atoms with Gasteiger partial charge in [-0.15, -0.1) is 0 Å². The number of hydrogen-bond donors (Lipinski definition) is 0. The van der Waals surface area contributed by atoms with Gasteiger partial charge in [0.2, 0.25) is 0 Å². The fraction of sp³-hybridized carbons (Fsp3) is 0.538. The van der Waals surface area contributed by atoms with Gasteiger partial charge in [0.25, 0.3) is 0 Å². The van der Waals surface area contributed by atoms with Gasteiger partial charge in [0.1, 0.15) is 0 Å². The van der Waals surface area contributed by atoms with Crippen LogP contribution < -0.4 is 0 Å². The van der Waals surface area contributed by atoms with Crippen molar-refractivity contribution in [3.05, 3.63) is 36.0 Å². The lowest BCUT2D eigenvalue weighted by molar-refractivity contribution is 0.323. The largest absolute Gasteiger partial charge is 0.0851 e. The molecule has 0 aromatic rings. The first-order chi connectivity index (χ1) is 6.29. The van der Waals surface area contributed by atoms with Crippen molar-refractivity contribution in [2.45, 2.75) is 26.2 Å². The Bertz CT molecular complexity index is 319. The van der Waals surface area contributed by atoms with E-state index in [0.717, 1.165) is 11.8 Å². The summed E-state index contributed by atoms with van der Waals surface area (Å²) in [6.07, 6.45) is 15.7. The quantitative estimate of drug-likeness (QED) is 0.531. The van der Waals surface area contributed by atoms with Gasteiger partial charge in [-0.2, -0.15) is 0 Å². The zero-order chi connectivity index (χ0) is 8.89. The molecule has 1 saturated carbocycles. The molecule has 1 fully saturated rings. The van der Waals surface area contributed by atoms with Crippen molar-refractivity contribution in [1.29, 1.82) is 0 Å². The molecule has 0 aliphatic heterocycles. The van der Waals surface area contributed by atoms with E-state index in [0.29, 0.717) is 5.41 Å². The van der Waals surface area contributed by atoms with Crippen LogP contribution in [0.2, 0.25) is 0 Å². The molecule has 0 radical (unpaired) electrons. The lowest BCUT2D eigenvalue weighted by Crippen LogP contribution is -2.23. The summed E-state index contributed by atoms with van der Waals surface area (Å²) in [5.74, 6) is 1.72. The van der Waals surface area contributed by atoms with Crippen molar-refractivity contribution in [3.63, 3.8) is 0 Å². The maximum atomic E-state index is 2.46. The van der Waals surface area contributed by atoms with Gasteiger partial charge in [-0.3, -0.25) is 0 Å². The van der Waals surface area contributed by atoms with Gasteiger partial charge in [-0.05, 0) is 36.5 Å². The molecule has 0 heterocycles. The molecule has 13 heavy (non-hydrogen) atoms. The smallest absolute Gasteiger partial charge is 0.00416 e. The van der Waals surface area contributed by atoms with E-state index in [1.54, 1.807) is 5.57 Å². The van der Waals surface area contributed by atoms with Crippen molar-refractivity contribution in [2.24, 2.45) is 17.3 Å². The van der Waals surface area contributed by atoms with Crippen LogP contribution >= 0.6 is 0 Å². The van der Waals surface area contributed by atoms with Gasteiger partial charge >= 0.3 is 0 Å². The van der Waals surface area contributed by atoms with Crippen molar-refractivity contribution in [2.75, 3.05) is 0 Å². The van der Waals surface area contributed by atoms with Crippen molar-refractivity contribution < 1.29 is 0 Å². The van der Waals surface area contributed by atoms with Crippen LogP contribution in [0.5, 0.6) is 0 Å². The molecule has 0 amide bonds. The topological polar surface area (TPSA) is 0 Å². The molecule has 3 aliphatic rings. The Labute approximate surface area is 80.0 Å². The van der Waals surface area contributed by atoms with E-state index in [1.807, 2.05) is 0 Å². The minimum absolute atomic E-state index is 0.503. The normalized spacial score (nSPS) is 46.1. The summed E-state index contributed by atoms with van der Waals surface area (Å²) in [4.78, 5) is 0. The first-order valence-corrected chi connectivity index (χ1v) is 5.33. The summed E-state index contributed by atoms with van der Waals surface area (Å²) in [6, 6.07) is 0. The fourth-order valence-electron chi connectivity index (χ4n) is 3.33. The van der Waals surface area contributed by atoms with E-state index in [9.17, 15) is 0 Å². The second-order valence-electron chi connectivity index (χ2n) is 4.93. The fourth-order valence-corrected chi connectivity index (χ4v) is 3.33. The van der Waals surface area contributed by atoms with Crippen LogP contribution in [0.25, 0.3) is 0 Å². The summed E-state index contributed by atoms with van der Waals surface area (Å²) in [6.45, 7) is 2.46. The molecule has 0 heteroatoms. The molecule has 0 nitrogen and oxygen atoms in total. The molecular weight excluding hydrogens is 156 g/mol. The van der Waals surface area contributed by atoms with E-state index in [-0.39, 0.29) is 0 Å². The third-order valence-corrected chi connectivity index (χ3v) is 4.18. The maximum absolute atomic E-state index is 2.46. The van der Waals surface area contributed by atoms with Crippen LogP contribution in [0, 0.1) is 17.3 Å². The second kappa shape index (κ2) is 2.37. The van der Waals surface area contributed by atoms with Crippen molar-refractivity contribution in [1.82, 2.24) is 0 Å². The van der Waals surface area contributed by atoms with E-state index in [4.69, 9.17) is 0 Å². The van der Waals surface area contributed by atoms with Crippen LogP contribution in [0.4, 0.5) is 0 Å². The first kappa shape index (κ1) is 7.61. The zero-order valence-electron chi connectivity index (χ0n) is 8.16. The number of fused-ring (bicyclic) bond motifs is 2. The van der Waals surface area contributed by atoms with E-state index in [2.05, 4.69) is 37.3 Å². The van der Waals surface area contributed by atoms with Crippen LogP contribution in [0.15, 0.2) is 36.0 Å². The Morgan fingerprint density at radius 3 is 2.85 bits per heavy atom. The average Bonchev–Trinajstić information content (AvgIpc) is 2.79. The third kappa shape index (κ3) is 0.919. The van der Waals surface area contributed by atoms with Crippen LogP contribution in [-0.4, -0.2) is 0 Å². The minimum Gasteiger partial charge on any atom is -0.0851 e. The predicted molar refractivity (Wildman–Crippen MR) is 55.3 cm³/mol.